The van der Waals surface area contributed by atoms with Gasteiger partial charge < -0.3 is 10.4 Å². The molecule has 0 aromatic rings. The van der Waals surface area contributed by atoms with Gasteiger partial charge in [0.1, 0.15) is 0 Å². The Morgan fingerprint density at radius 2 is 2.00 bits per heavy atom. The summed E-state index contributed by atoms with van der Waals surface area (Å²) in [6, 6.07) is 0.298. The van der Waals surface area contributed by atoms with Gasteiger partial charge in [0.05, 0.1) is 11.5 Å². The lowest BCUT2D eigenvalue weighted by molar-refractivity contribution is -0.133. The van der Waals surface area contributed by atoms with Gasteiger partial charge in [-0.1, -0.05) is 26.2 Å². The third-order valence-corrected chi connectivity index (χ3v) is 4.16. The Labute approximate surface area is 107 Å². The third-order valence-electron chi connectivity index (χ3n) is 3.24. The van der Waals surface area contributed by atoms with Crippen LogP contribution in [0.5, 0.6) is 0 Å². The van der Waals surface area contributed by atoms with Crippen LogP contribution in [0, 0.1) is 5.92 Å². The smallest absolute Gasteiger partial charge is 0.313 e. The maximum absolute atomic E-state index is 11.6. The van der Waals surface area contributed by atoms with Crippen LogP contribution in [0.3, 0.4) is 0 Å². The van der Waals surface area contributed by atoms with Crippen LogP contribution in [0.15, 0.2) is 0 Å². The Morgan fingerprint density at radius 3 is 2.65 bits per heavy atom. The van der Waals surface area contributed by atoms with Crippen LogP contribution in [0.1, 0.15) is 39.0 Å². The van der Waals surface area contributed by atoms with Gasteiger partial charge in [0.2, 0.25) is 5.91 Å². The average Bonchev–Trinajstić information content (AvgIpc) is 2.29. The molecule has 0 radical (unpaired) electrons. The lowest BCUT2D eigenvalue weighted by Gasteiger charge is -2.31. The second-order valence-corrected chi connectivity index (χ2v) is 5.50. The molecule has 1 amide bonds. The van der Waals surface area contributed by atoms with Crippen molar-refractivity contribution in [2.24, 2.45) is 5.92 Å². The molecule has 1 saturated carbocycles. The first-order chi connectivity index (χ1) is 8.13. The predicted molar refractivity (Wildman–Crippen MR) is 69.1 cm³/mol. The molecule has 0 heterocycles. The van der Waals surface area contributed by atoms with Crippen molar-refractivity contribution in [3.05, 3.63) is 0 Å². The number of carbonyl (C=O) groups excluding carboxylic acids is 1. The normalized spacial score (nSPS) is 24.3. The van der Waals surface area contributed by atoms with Crippen molar-refractivity contribution in [2.45, 2.75) is 45.1 Å². The molecule has 0 saturated heterocycles. The van der Waals surface area contributed by atoms with Gasteiger partial charge >= 0.3 is 5.97 Å². The summed E-state index contributed by atoms with van der Waals surface area (Å²) in [5, 5.41) is 11.5. The van der Waals surface area contributed by atoms with E-state index in [0.717, 1.165) is 24.6 Å². The number of thioether (sulfide) groups is 1. The lowest BCUT2D eigenvalue weighted by atomic mass is 9.83. The maximum Gasteiger partial charge on any atom is 0.313 e. The van der Waals surface area contributed by atoms with Gasteiger partial charge in [-0.25, -0.2) is 0 Å². The highest BCUT2D eigenvalue weighted by Gasteiger charge is 2.24. The first-order valence-corrected chi connectivity index (χ1v) is 7.37. The van der Waals surface area contributed by atoms with Gasteiger partial charge in [-0.3, -0.25) is 9.59 Å². The Hall–Kier alpha value is -0.710. The molecule has 2 atom stereocenters. The van der Waals surface area contributed by atoms with E-state index in [9.17, 15) is 9.59 Å². The number of carboxylic acid groups (broad SMARTS) is 1. The summed E-state index contributed by atoms with van der Waals surface area (Å²) in [4.78, 5) is 21.9. The van der Waals surface area contributed by atoms with Crippen LogP contribution in [-0.4, -0.2) is 34.5 Å². The number of aliphatic carboxylic acids is 1. The van der Waals surface area contributed by atoms with Crippen molar-refractivity contribution < 1.29 is 14.7 Å². The number of hydrogen-bond acceptors (Lipinski definition) is 3. The molecule has 2 unspecified atom stereocenters. The number of carboxylic acids is 1. The van der Waals surface area contributed by atoms with Crippen molar-refractivity contribution in [1.82, 2.24) is 5.32 Å². The number of hydrogen-bond donors (Lipinski definition) is 2. The zero-order valence-corrected chi connectivity index (χ0v) is 11.1. The monoisotopic (exact) mass is 259 g/mol. The summed E-state index contributed by atoms with van der Waals surface area (Å²) in [7, 11) is 0. The van der Waals surface area contributed by atoms with Crippen molar-refractivity contribution >= 4 is 23.6 Å². The van der Waals surface area contributed by atoms with Gasteiger partial charge in [-0.15, -0.1) is 11.8 Å². The molecular weight excluding hydrogens is 238 g/mol. The summed E-state index contributed by atoms with van der Waals surface area (Å²) < 4.78 is 0. The third kappa shape index (κ3) is 5.44. The number of rotatable bonds is 6. The fourth-order valence-electron chi connectivity index (χ4n) is 2.37. The van der Waals surface area contributed by atoms with E-state index in [-0.39, 0.29) is 17.4 Å². The van der Waals surface area contributed by atoms with E-state index in [0.29, 0.717) is 12.0 Å². The zero-order valence-electron chi connectivity index (χ0n) is 10.3. The number of amides is 1. The number of carbonyl (C=O) groups is 2. The Balaban J connectivity index is 2.26. The SMILES string of the molecule is CCC1CCCCC1NC(=O)CSCC(=O)O. The van der Waals surface area contributed by atoms with Gasteiger partial charge in [-0.05, 0) is 18.8 Å². The second-order valence-electron chi connectivity index (χ2n) is 4.51. The maximum atomic E-state index is 11.6. The van der Waals surface area contributed by atoms with Crippen LogP contribution >= 0.6 is 11.8 Å². The van der Waals surface area contributed by atoms with E-state index >= 15 is 0 Å². The van der Waals surface area contributed by atoms with E-state index in [1.54, 1.807) is 0 Å². The summed E-state index contributed by atoms with van der Waals surface area (Å²) in [6.07, 6.45) is 5.81. The first kappa shape index (κ1) is 14.4. The summed E-state index contributed by atoms with van der Waals surface area (Å²) in [5.41, 5.74) is 0. The summed E-state index contributed by atoms with van der Waals surface area (Å²) in [6.45, 7) is 2.16. The average molecular weight is 259 g/mol. The molecule has 1 aliphatic carbocycles. The van der Waals surface area contributed by atoms with E-state index in [4.69, 9.17) is 5.11 Å². The minimum Gasteiger partial charge on any atom is -0.481 e. The minimum absolute atomic E-state index is 0.00467. The first-order valence-electron chi connectivity index (χ1n) is 6.22. The molecule has 0 bridgehead atoms. The topological polar surface area (TPSA) is 66.4 Å². The fraction of sp³-hybridized carbons (Fsp3) is 0.833. The lowest BCUT2D eigenvalue weighted by Crippen LogP contribution is -2.42. The minimum atomic E-state index is -0.869. The Morgan fingerprint density at radius 1 is 1.29 bits per heavy atom. The molecule has 0 aliphatic heterocycles. The molecule has 1 fully saturated rings. The van der Waals surface area contributed by atoms with Crippen LogP contribution < -0.4 is 5.32 Å². The Bertz CT molecular complexity index is 270. The van der Waals surface area contributed by atoms with Crippen molar-refractivity contribution in [3.8, 4) is 0 Å². The van der Waals surface area contributed by atoms with Gasteiger partial charge in [0.25, 0.3) is 0 Å². The van der Waals surface area contributed by atoms with Crippen LogP contribution in [-0.2, 0) is 9.59 Å². The highest BCUT2D eigenvalue weighted by molar-refractivity contribution is 8.00. The molecule has 0 aromatic carbocycles. The highest BCUT2D eigenvalue weighted by Crippen LogP contribution is 2.26. The van der Waals surface area contributed by atoms with E-state index < -0.39 is 5.97 Å². The molecule has 4 nitrogen and oxygen atoms in total. The molecule has 0 aromatic heterocycles. The quantitative estimate of drug-likeness (QED) is 0.764. The van der Waals surface area contributed by atoms with Crippen LogP contribution in [0.2, 0.25) is 0 Å². The second kappa shape index (κ2) is 7.58. The zero-order chi connectivity index (χ0) is 12.7. The molecule has 17 heavy (non-hydrogen) atoms. The standard InChI is InChI=1S/C12H21NO3S/c1-2-9-5-3-4-6-10(9)13-11(14)7-17-8-12(15)16/h9-10H,2-8H2,1H3,(H,13,14)(H,15,16). The fourth-order valence-corrected chi connectivity index (χ4v) is 2.91. The van der Waals surface area contributed by atoms with Gasteiger partial charge in [0, 0.05) is 6.04 Å². The predicted octanol–water partition coefficient (Wildman–Crippen LogP) is 1.89. The highest BCUT2D eigenvalue weighted by atomic mass is 32.2. The Kier molecular flexibility index (Phi) is 6.40. The number of nitrogens with one attached hydrogen (secondary N) is 1. The molecular formula is C12H21NO3S. The van der Waals surface area contributed by atoms with E-state index in [1.165, 1.54) is 19.3 Å². The molecule has 2 N–H and O–H groups in total. The molecule has 98 valence electrons. The molecule has 5 heteroatoms. The van der Waals surface area contributed by atoms with Gasteiger partial charge in [0.15, 0.2) is 0 Å². The van der Waals surface area contributed by atoms with Crippen molar-refractivity contribution in [3.63, 3.8) is 0 Å². The molecule has 1 aliphatic rings. The van der Waals surface area contributed by atoms with Gasteiger partial charge in [-0.2, -0.15) is 0 Å². The van der Waals surface area contributed by atoms with E-state index in [1.807, 2.05) is 0 Å². The molecule has 1 rings (SSSR count). The molecule has 0 spiro atoms. The summed E-state index contributed by atoms with van der Waals surface area (Å²) in [5.74, 6) is -0.0557. The largest absolute Gasteiger partial charge is 0.481 e. The van der Waals surface area contributed by atoms with Crippen LogP contribution in [0.25, 0.3) is 0 Å². The van der Waals surface area contributed by atoms with Crippen LogP contribution in [0.4, 0.5) is 0 Å². The summed E-state index contributed by atoms with van der Waals surface area (Å²) >= 11 is 1.16. The van der Waals surface area contributed by atoms with E-state index in [2.05, 4.69) is 12.2 Å². The van der Waals surface area contributed by atoms with Crippen molar-refractivity contribution in [1.29, 1.82) is 0 Å². The van der Waals surface area contributed by atoms with Crippen molar-refractivity contribution in [2.75, 3.05) is 11.5 Å².